The second-order valence-corrected chi connectivity index (χ2v) is 15.5. The number of amides is 1. The van der Waals surface area contributed by atoms with Gasteiger partial charge in [-0.1, -0.05) is 62.6 Å². The summed E-state index contributed by atoms with van der Waals surface area (Å²) in [4.78, 5) is 51.3. The molecule has 0 aliphatic carbocycles. The van der Waals surface area contributed by atoms with E-state index in [2.05, 4.69) is 11.8 Å². The molecule has 1 amide bonds. The Morgan fingerprint density at radius 1 is 0.850 bits per heavy atom. The first-order chi connectivity index (χ1) is 28.5. The Labute approximate surface area is 348 Å². The van der Waals surface area contributed by atoms with Crippen LogP contribution in [0.25, 0.3) is 10.9 Å². The molecule has 326 valence electrons. The lowest BCUT2D eigenvalue weighted by molar-refractivity contribution is -0.165. The lowest BCUT2D eigenvalue weighted by Crippen LogP contribution is -2.48. The van der Waals surface area contributed by atoms with Crippen molar-refractivity contribution in [1.82, 2.24) is 14.4 Å². The number of carbonyl (C=O) groups excluding carboxylic acids is 1. The van der Waals surface area contributed by atoms with Crippen molar-refractivity contribution in [1.29, 1.82) is 0 Å². The van der Waals surface area contributed by atoms with E-state index < -0.39 is 47.5 Å². The van der Waals surface area contributed by atoms with Gasteiger partial charge in [0, 0.05) is 48.4 Å². The highest BCUT2D eigenvalue weighted by Crippen LogP contribution is 2.30. The first-order valence-corrected chi connectivity index (χ1v) is 20.7. The van der Waals surface area contributed by atoms with Crippen molar-refractivity contribution < 1.29 is 56.8 Å². The van der Waals surface area contributed by atoms with E-state index in [1.807, 2.05) is 21.6 Å². The SMILES string of the molecule is CCN1CCC(N(CCCCCCCc2ccc(C(F)(F)F)cc2)C(=O)Cn2c(SCc3cccc(F)c3F)cc(=O)c3ccccc32)CC1.O=C(O)C(O)C(O)C(=O)O. The van der Waals surface area contributed by atoms with Crippen LogP contribution in [0.2, 0.25) is 0 Å². The van der Waals surface area contributed by atoms with Gasteiger partial charge >= 0.3 is 18.1 Å². The molecule has 1 aromatic heterocycles. The third-order valence-electron chi connectivity index (χ3n) is 10.4. The molecule has 2 unspecified atom stereocenters. The van der Waals surface area contributed by atoms with Gasteiger partial charge in [-0.3, -0.25) is 9.59 Å². The summed E-state index contributed by atoms with van der Waals surface area (Å²) in [7, 11) is 0. The molecule has 1 aliphatic heterocycles. The van der Waals surface area contributed by atoms with Crippen LogP contribution in [-0.2, 0) is 39.3 Å². The van der Waals surface area contributed by atoms with Gasteiger partial charge in [0.1, 0.15) is 6.54 Å². The zero-order valence-corrected chi connectivity index (χ0v) is 33.9. The van der Waals surface area contributed by atoms with Crippen molar-refractivity contribution in [2.75, 3.05) is 26.2 Å². The molecular weight excluding hydrogens is 814 g/mol. The van der Waals surface area contributed by atoms with E-state index in [-0.39, 0.29) is 35.2 Å². The van der Waals surface area contributed by atoms with Gasteiger partial charge < -0.3 is 34.8 Å². The Hall–Kier alpha value is -4.84. The molecule has 3 aromatic carbocycles. The first-order valence-electron chi connectivity index (χ1n) is 19.7. The van der Waals surface area contributed by atoms with Gasteiger partial charge in [0.25, 0.3) is 0 Å². The summed E-state index contributed by atoms with van der Waals surface area (Å²) < 4.78 is 68.8. The van der Waals surface area contributed by atoms with E-state index in [0.29, 0.717) is 22.5 Å². The summed E-state index contributed by atoms with van der Waals surface area (Å²) in [5.74, 6) is -5.35. The average Bonchev–Trinajstić information content (AvgIpc) is 3.23. The number of para-hydroxylation sites is 1. The highest BCUT2D eigenvalue weighted by atomic mass is 32.2. The van der Waals surface area contributed by atoms with Gasteiger partial charge in [0.15, 0.2) is 29.3 Å². The summed E-state index contributed by atoms with van der Waals surface area (Å²) in [6.45, 7) is 5.53. The lowest BCUT2D eigenvalue weighted by atomic mass is 10.0. The second-order valence-electron chi connectivity index (χ2n) is 14.5. The number of aliphatic hydroxyl groups excluding tert-OH is 2. The van der Waals surface area contributed by atoms with Crippen LogP contribution in [-0.4, -0.2) is 97.1 Å². The van der Waals surface area contributed by atoms with Gasteiger partial charge in [-0.05, 0) is 74.5 Å². The summed E-state index contributed by atoms with van der Waals surface area (Å²) in [5.41, 5.74) is 0.848. The molecule has 4 N–H and O–H groups in total. The summed E-state index contributed by atoms with van der Waals surface area (Å²) in [6, 6.07) is 18.1. The van der Waals surface area contributed by atoms with E-state index in [1.54, 1.807) is 24.3 Å². The molecule has 0 spiro atoms. The van der Waals surface area contributed by atoms with Crippen molar-refractivity contribution >= 4 is 40.5 Å². The van der Waals surface area contributed by atoms with Crippen molar-refractivity contribution in [3.05, 3.63) is 111 Å². The molecule has 4 aromatic rings. The zero-order valence-electron chi connectivity index (χ0n) is 33.1. The number of alkyl halides is 3. The smallest absolute Gasteiger partial charge is 0.416 e. The van der Waals surface area contributed by atoms with E-state index in [9.17, 15) is 41.1 Å². The Kier molecular flexibility index (Phi) is 18.1. The number of carboxylic acid groups (broad SMARTS) is 2. The Morgan fingerprint density at radius 3 is 2.08 bits per heavy atom. The number of aromatic nitrogens is 1. The number of carbonyl (C=O) groups is 3. The van der Waals surface area contributed by atoms with E-state index >= 15 is 0 Å². The molecule has 0 bridgehead atoms. The molecule has 1 fully saturated rings. The van der Waals surface area contributed by atoms with Crippen LogP contribution >= 0.6 is 11.8 Å². The number of rotatable bonds is 18. The normalized spacial score (nSPS) is 14.6. The van der Waals surface area contributed by atoms with Crippen molar-refractivity contribution in [3.8, 4) is 0 Å². The number of unbranched alkanes of at least 4 members (excludes halogenated alkanes) is 4. The number of carboxylic acids is 2. The number of halogens is 5. The van der Waals surface area contributed by atoms with Crippen LogP contribution in [0.4, 0.5) is 22.0 Å². The fraction of sp³-hybridized carbons (Fsp3) is 0.442. The van der Waals surface area contributed by atoms with Crippen LogP contribution in [0.3, 0.4) is 0 Å². The number of aliphatic carboxylic acids is 2. The maximum Gasteiger partial charge on any atom is 0.416 e. The maximum atomic E-state index is 14.5. The largest absolute Gasteiger partial charge is 0.479 e. The van der Waals surface area contributed by atoms with Gasteiger partial charge in [-0.25, -0.2) is 18.4 Å². The number of benzene rings is 3. The number of hydrogen-bond donors (Lipinski definition) is 4. The van der Waals surface area contributed by atoms with Gasteiger partial charge in [-0.15, -0.1) is 11.8 Å². The Bertz CT molecular complexity index is 2090. The summed E-state index contributed by atoms with van der Waals surface area (Å²) in [6.07, 6.45) is -1.87. The quantitative estimate of drug-likeness (QED) is 0.0467. The van der Waals surface area contributed by atoms with Crippen LogP contribution in [0, 0.1) is 11.6 Å². The monoisotopic (exact) mass is 863 g/mol. The molecule has 17 heteroatoms. The summed E-state index contributed by atoms with van der Waals surface area (Å²) >= 11 is 1.20. The van der Waals surface area contributed by atoms with Crippen LogP contribution < -0.4 is 5.43 Å². The lowest BCUT2D eigenvalue weighted by Gasteiger charge is -2.38. The Balaban J connectivity index is 0.000000703. The van der Waals surface area contributed by atoms with E-state index in [0.717, 1.165) is 94.8 Å². The highest BCUT2D eigenvalue weighted by molar-refractivity contribution is 7.98. The fourth-order valence-corrected chi connectivity index (χ4v) is 7.99. The third-order valence-corrected chi connectivity index (χ3v) is 11.5. The predicted molar refractivity (Wildman–Crippen MR) is 216 cm³/mol. The topological polar surface area (TPSA) is 161 Å². The molecule has 11 nitrogen and oxygen atoms in total. The Morgan fingerprint density at radius 2 is 1.47 bits per heavy atom. The molecule has 60 heavy (non-hydrogen) atoms. The van der Waals surface area contributed by atoms with E-state index in [1.165, 1.54) is 30.0 Å². The van der Waals surface area contributed by atoms with Gasteiger partial charge in [0.05, 0.1) is 16.1 Å². The van der Waals surface area contributed by atoms with Crippen LogP contribution in [0.15, 0.2) is 82.6 Å². The molecule has 2 atom stereocenters. The maximum absolute atomic E-state index is 14.5. The minimum atomic E-state index is -4.33. The second kappa shape index (κ2) is 22.7. The number of pyridine rings is 1. The van der Waals surface area contributed by atoms with Crippen molar-refractivity contribution in [2.24, 2.45) is 0 Å². The first kappa shape index (κ1) is 47.8. The number of aryl methyl sites for hydroxylation is 1. The average molecular weight is 864 g/mol. The minimum absolute atomic E-state index is 0.00980. The fourth-order valence-electron chi connectivity index (χ4n) is 6.95. The molecule has 1 aliphatic rings. The van der Waals surface area contributed by atoms with Crippen molar-refractivity contribution in [2.45, 2.75) is 100 Å². The number of piperidine rings is 1. The number of fused-ring (bicyclic) bond motifs is 1. The molecular formula is C43H50F5N3O8S. The number of aliphatic hydroxyl groups is 2. The zero-order chi connectivity index (χ0) is 44.0. The summed E-state index contributed by atoms with van der Waals surface area (Å²) in [5, 5.41) is 33.5. The van der Waals surface area contributed by atoms with Crippen LogP contribution in [0.1, 0.15) is 68.6 Å². The van der Waals surface area contributed by atoms with Gasteiger partial charge in [0.2, 0.25) is 5.91 Å². The third kappa shape index (κ3) is 13.6. The van der Waals surface area contributed by atoms with Gasteiger partial charge in [-0.2, -0.15) is 13.2 Å². The standard InChI is InChI=1S/C39H44F5N3O2S.C4H6O6/c1-2-45-23-20-31(21-24-45)46(22-9-5-3-4-6-11-28-16-18-30(19-17-28)39(42,43)44)36(49)26-47-34-15-8-7-13-32(34)35(48)25-37(47)50-27-29-12-10-14-33(40)38(29)41;5-1(3(7)8)2(6)4(9)10/h7-8,10,12-19,25,31H,2-6,9,11,20-24,26-27H2,1H3;1-2,5-6H,(H,7,8)(H,9,10). The predicted octanol–water partition coefficient (Wildman–Crippen LogP) is 6.97. The molecule has 5 rings (SSSR count). The van der Waals surface area contributed by atoms with E-state index in [4.69, 9.17) is 20.4 Å². The highest BCUT2D eigenvalue weighted by Gasteiger charge is 2.31. The molecule has 2 heterocycles. The molecule has 1 saturated heterocycles. The van der Waals surface area contributed by atoms with Crippen molar-refractivity contribution in [3.63, 3.8) is 0 Å². The number of nitrogens with zero attached hydrogens (tertiary/aromatic N) is 3. The van der Waals surface area contributed by atoms with Crippen LogP contribution in [0.5, 0.6) is 0 Å². The number of thioether (sulfide) groups is 1. The molecule has 0 radical (unpaired) electrons. The number of likely N-dealkylation sites (tertiary alicyclic amines) is 1. The number of hydrogen-bond acceptors (Lipinski definition) is 8. The minimum Gasteiger partial charge on any atom is -0.479 e. The molecule has 0 saturated carbocycles.